The minimum atomic E-state index is -3.77. The predicted octanol–water partition coefficient (Wildman–Crippen LogP) is 1.33. The smallest absolute Gasteiger partial charge is 0.241 e. The van der Waals surface area contributed by atoms with E-state index in [-0.39, 0.29) is 28.1 Å². The van der Waals surface area contributed by atoms with Crippen molar-refractivity contribution >= 4 is 15.7 Å². The van der Waals surface area contributed by atoms with Crippen molar-refractivity contribution in [2.75, 3.05) is 25.9 Å². The molecule has 0 aliphatic carbocycles. The summed E-state index contributed by atoms with van der Waals surface area (Å²) in [5.74, 6) is -0.406. The van der Waals surface area contributed by atoms with Gasteiger partial charge in [0.25, 0.3) is 0 Å². The summed E-state index contributed by atoms with van der Waals surface area (Å²) in [6.45, 7) is 5.12. The van der Waals surface area contributed by atoms with Gasteiger partial charge in [-0.3, -0.25) is 0 Å². The summed E-state index contributed by atoms with van der Waals surface area (Å²) >= 11 is 0. The van der Waals surface area contributed by atoms with E-state index in [9.17, 15) is 12.8 Å². The van der Waals surface area contributed by atoms with Crippen LogP contribution in [0.5, 0.6) is 0 Å². The second-order valence-corrected chi connectivity index (χ2v) is 7.56. The molecule has 118 valence electrons. The van der Waals surface area contributed by atoms with E-state index in [4.69, 9.17) is 5.73 Å². The highest BCUT2D eigenvalue weighted by atomic mass is 32.2. The molecule has 7 heteroatoms. The number of rotatable bonds is 3. The molecule has 5 nitrogen and oxygen atoms in total. The zero-order valence-corrected chi connectivity index (χ0v) is 13.4. The lowest BCUT2D eigenvalue weighted by Gasteiger charge is -2.35. The first-order valence-corrected chi connectivity index (χ1v) is 8.45. The van der Waals surface area contributed by atoms with Gasteiger partial charge in [-0.1, -0.05) is 6.92 Å². The molecule has 1 aliphatic heterocycles. The molecule has 0 bridgehead atoms. The van der Waals surface area contributed by atoms with Crippen LogP contribution < -0.4 is 10.5 Å². The molecule has 3 N–H and O–H groups in total. The molecule has 1 aliphatic rings. The molecule has 0 saturated carbocycles. The van der Waals surface area contributed by atoms with Gasteiger partial charge in [0.2, 0.25) is 10.0 Å². The fourth-order valence-corrected chi connectivity index (χ4v) is 4.41. The maximum absolute atomic E-state index is 13.7. The summed E-state index contributed by atoms with van der Waals surface area (Å²) in [7, 11) is -1.76. The van der Waals surface area contributed by atoms with E-state index in [1.807, 2.05) is 14.0 Å². The Balaban J connectivity index is 2.27. The molecule has 1 saturated heterocycles. The van der Waals surface area contributed by atoms with Crippen molar-refractivity contribution in [2.45, 2.75) is 31.2 Å². The standard InChI is InChI=1S/C14H22FN3O2S/c1-9-8-18(3)5-4-13(9)17-21(19,20)14-7-11(16)6-12(15)10(14)2/h6-7,9,13,17H,4-5,8,16H2,1-3H3. The van der Waals surface area contributed by atoms with Crippen molar-refractivity contribution in [3.63, 3.8) is 0 Å². The Kier molecular flexibility index (Phi) is 4.55. The zero-order chi connectivity index (χ0) is 15.8. The van der Waals surface area contributed by atoms with Gasteiger partial charge >= 0.3 is 0 Å². The van der Waals surface area contributed by atoms with Gasteiger partial charge < -0.3 is 10.6 Å². The van der Waals surface area contributed by atoms with Crippen molar-refractivity contribution in [1.29, 1.82) is 0 Å². The summed E-state index contributed by atoms with van der Waals surface area (Å²) in [5.41, 5.74) is 5.77. The number of sulfonamides is 1. The maximum atomic E-state index is 13.7. The molecular formula is C14H22FN3O2S. The van der Waals surface area contributed by atoms with Crippen molar-refractivity contribution in [1.82, 2.24) is 9.62 Å². The second kappa shape index (κ2) is 5.90. The zero-order valence-electron chi connectivity index (χ0n) is 12.6. The van der Waals surface area contributed by atoms with E-state index in [0.29, 0.717) is 0 Å². The number of nitrogens with one attached hydrogen (secondary N) is 1. The fourth-order valence-electron chi connectivity index (χ4n) is 2.74. The summed E-state index contributed by atoms with van der Waals surface area (Å²) in [5, 5.41) is 0. The number of benzene rings is 1. The van der Waals surface area contributed by atoms with E-state index >= 15 is 0 Å². The van der Waals surface area contributed by atoms with Gasteiger partial charge in [0.1, 0.15) is 5.82 Å². The SMILES string of the molecule is Cc1c(F)cc(N)cc1S(=O)(=O)NC1CCN(C)CC1C. The molecule has 1 fully saturated rings. The van der Waals surface area contributed by atoms with Crippen molar-refractivity contribution in [3.8, 4) is 0 Å². The average molecular weight is 315 g/mol. The molecule has 1 heterocycles. The molecule has 0 radical (unpaired) electrons. The number of nitrogens with zero attached hydrogens (tertiary/aromatic N) is 1. The van der Waals surface area contributed by atoms with Crippen molar-refractivity contribution in [3.05, 3.63) is 23.5 Å². The van der Waals surface area contributed by atoms with Gasteiger partial charge in [0.15, 0.2) is 0 Å². The maximum Gasteiger partial charge on any atom is 0.241 e. The van der Waals surface area contributed by atoms with Crippen LogP contribution in [0.25, 0.3) is 0 Å². The molecule has 0 aromatic heterocycles. The highest BCUT2D eigenvalue weighted by molar-refractivity contribution is 7.89. The Morgan fingerprint density at radius 2 is 2.10 bits per heavy atom. The van der Waals surface area contributed by atoms with E-state index in [1.54, 1.807) is 0 Å². The summed E-state index contributed by atoms with van der Waals surface area (Å²) in [6.07, 6.45) is 0.737. The monoisotopic (exact) mass is 315 g/mol. The number of hydrogen-bond acceptors (Lipinski definition) is 4. The number of anilines is 1. The third kappa shape index (κ3) is 3.53. The number of nitrogens with two attached hydrogens (primary N) is 1. The first-order chi connectivity index (χ1) is 9.70. The van der Waals surface area contributed by atoms with Gasteiger partial charge in [-0.2, -0.15) is 0 Å². The third-order valence-corrected chi connectivity index (χ3v) is 5.64. The predicted molar refractivity (Wildman–Crippen MR) is 80.9 cm³/mol. The molecule has 2 unspecified atom stereocenters. The Labute approximate surface area is 125 Å². The number of hydrogen-bond donors (Lipinski definition) is 2. The summed E-state index contributed by atoms with van der Waals surface area (Å²) in [6, 6.07) is 2.29. The first kappa shape index (κ1) is 16.2. The van der Waals surface area contributed by atoms with Crippen LogP contribution in [0.1, 0.15) is 18.9 Å². The largest absolute Gasteiger partial charge is 0.399 e. The summed E-state index contributed by atoms with van der Waals surface area (Å²) < 4.78 is 41.4. The van der Waals surface area contributed by atoms with Gasteiger partial charge in [-0.15, -0.1) is 0 Å². The topological polar surface area (TPSA) is 75.4 Å². The van der Waals surface area contributed by atoms with Gasteiger partial charge in [0.05, 0.1) is 4.90 Å². The molecule has 2 rings (SSSR count). The van der Waals surface area contributed by atoms with Gasteiger partial charge in [-0.05, 0) is 45.0 Å². The van der Waals surface area contributed by atoms with E-state index in [0.717, 1.165) is 25.6 Å². The highest BCUT2D eigenvalue weighted by Crippen LogP contribution is 2.24. The Hall–Kier alpha value is -1.18. The fraction of sp³-hybridized carbons (Fsp3) is 0.571. The number of piperidine rings is 1. The van der Waals surface area contributed by atoms with Crippen LogP contribution >= 0.6 is 0 Å². The molecule has 2 atom stereocenters. The van der Waals surface area contributed by atoms with Crippen LogP contribution in [-0.2, 0) is 10.0 Å². The third-order valence-electron chi connectivity index (χ3n) is 4.02. The van der Waals surface area contributed by atoms with Crippen molar-refractivity contribution < 1.29 is 12.8 Å². The van der Waals surface area contributed by atoms with E-state index < -0.39 is 15.8 Å². The van der Waals surface area contributed by atoms with Crippen LogP contribution in [0, 0.1) is 18.7 Å². The van der Waals surface area contributed by atoms with Crippen molar-refractivity contribution in [2.24, 2.45) is 5.92 Å². The Morgan fingerprint density at radius 1 is 1.43 bits per heavy atom. The minimum absolute atomic E-state index is 0.0777. The normalized spacial score (nSPS) is 24.2. The van der Waals surface area contributed by atoms with Crippen LogP contribution in [0.15, 0.2) is 17.0 Å². The average Bonchev–Trinajstić information content (AvgIpc) is 2.37. The molecule has 0 spiro atoms. The summed E-state index contributed by atoms with van der Waals surface area (Å²) in [4.78, 5) is 2.09. The number of likely N-dealkylation sites (tertiary alicyclic amines) is 1. The molecule has 0 amide bonds. The quantitative estimate of drug-likeness (QED) is 0.825. The van der Waals surface area contributed by atoms with Crippen LogP contribution in [0.4, 0.5) is 10.1 Å². The minimum Gasteiger partial charge on any atom is -0.399 e. The highest BCUT2D eigenvalue weighted by Gasteiger charge is 2.30. The lowest BCUT2D eigenvalue weighted by atomic mass is 9.95. The number of nitrogen functional groups attached to an aromatic ring is 1. The van der Waals surface area contributed by atoms with Crippen LogP contribution in [0.2, 0.25) is 0 Å². The lowest BCUT2D eigenvalue weighted by molar-refractivity contribution is 0.188. The van der Waals surface area contributed by atoms with E-state index in [2.05, 4.69) is 9.62 Å². The first-order valence-electron chi connectivity index (χ1n) is 6.97. The molecule has 21 heavy (non-hydrogen) atoms. The number of halogens is 1. The lowest BCUT2D eigenvalue weighted by Crippen LogP contribution is -2.48. The second-order valence-electron chi connectivity index (χ2n) is 5.88. The Bertz CT molecular complexity index is 633. The van der Waals surface area contributed by atoms with Gasteiger partial charge in [0, 0.05) is 23.8 Å². The van der Waals surface area contributed by atoms with Crippen LogP contribution in [-0.4, -0.2) is 39.5 Å². The van der Waals surface area contributed by atoms with E-state index in [1.165, 1.54) is 13.0 Å². The molecular weight excluding hydrogens is 293 g/mol. The molecule has 1 aromatic rings. The van der Waals surface area contributed by atoms with Gasteiger partial charge in [-0.25, -0.2) is 17.5 Å². The Morgan fingerprint density at radius 3 is 2.71 bits per heavy atom. The van der Waals surface area contributed by atoms with Crippen LogP contribution in [0.3, 0.4) is 0 Å². The molecule has 1 aromatic carbocycles.